The first-order chi connectivity index (χ1) is 18.4. The molecule has 0 bridgehead atoms. The SMILES string of the molecule is CC(=O)Nc1cccc(C2CCN(CCNC(=O)c3cc4cc(-c5ccc(Cl)cc5)cc(C)c4o3)CC2)c1. The van der Waals surface area contributed by atoms with Gasteiger partial charge in [0.05, 0.1) is 0 Å². The van der Waals surface area contributed by atoms with E-state index in [1.54, 1.807) is 0 Å². The van der Waals surface area contributed by atoms with E-state index in [-0.39, 0.29) is 11.8 Å². The van der Waals surface area contributed by atoms with Gasteiger partial charge in [0.25, 0.3) is 5.91 Å². The van der Waals surface area contributed by atoms with Gasteiger partial charge in [-0.2, -0.15) is 0 Å². The van der Waals surface area contributed by atoms with E-state index < -0.39 is 0 Å². The maximum atomic E-state index is 12.8. The Hall–Kier alpha value is -3.61. The summed E-state index contributed by atoms with van der Waals surface area (Å²) in [6.45, 7) is 6.83. The number of halogens is 1. The largest absolute Gasteiger partial charge is 0.451 e. The molecule has 2 heterocycles. The topological polar surface area (TPSA) is 74.6 Å². The van der Waals surface area contributed by atoms with Gasteiger partial charge in [-0.3, -0.25) is 9.59 Å². The second kappa shape index (κ2) is 11.4. The molecule has 0 spiro atoms. The number of hydrogen-bond donors (Lipinski definition) is 2. The van der Waals surface area contributed by atoms with E-state index in [0.29, 0.717) is 23.2 Å². The minimum absolute atomic E-state index is 0.0560. The number of amides is 2. The molecule has 0 radical (unpaired) electrons. The summed E-state index contributed by atoms with van der Waals surface area (Å²) >= 11 is 6.03. The monoisotopic (exact) mass is 529 g/mol. The number of rotatable bonds is 7. The molecule has 3 aromatic carbocycles. The van der Waals surface area contributed by atoms with Gasteiger partial charge in [-0.15, -0.1) is 0 Å². The van der Waals surface area contributed by atoms with Crippen LogP contribution >= 0.6 is 11.6 Å². The van der Waals surface area contributed by atoms with Crippen molar-refractivity contribution in [1.82, 2.24) is 10.2 Å². The van der Waals surface area contributed by atoms with Crippen molar-refractivity contribution < 1.29 is 14.0 Å². The number of piperidine rings is 1. The molecule has 1 aromatic heterocycles. The molecule has 0 aliphatic carbocycles. The lowest BCUT2D eigenvalue weighted by molar-refractivity contribution is -0.114. The Balaban J connectivity index is 1.14. The van der Waals surface area contributed by atoms with E-state index in [0.717, 1.165) is 65.8 Å². The third-order valence-corrected chi connectivity index (χ3v) is 7.43. The molecule has 6 nitrogen and oxygen atoms in total. The van der Waals surface area contributed by atoms with Gasteiger partial charge in [-0.05, 0) is 103 Å². The van der Waals surface area contributed by atoms with Crippen LogP contribution in [-0.2, 0) is 4.79 Å². The predicted octanol–water partition coefficient (Wildman–Crippen LogP) is 6.63. The first-order valence-electron chi connectivity index (χ1n) is 13.0. The van der Waals surface area contributed by atoms with Gasteiger partial charge in [-0.25, -0.2) is 0 Å². The van der Waals surface area contributed by atoms with E-state index in [1.165, 1.54) is 12.5 Å². The third-order valence-electron chi connectivity index (χ3n) is 7.18. The summed E-state index contributed by atoms with van der Waals surface area (Å²) in [5.74, 6) is 0.554. The fourth-order valence-electron chi connectivity index (χ4n) is 5.23. The number of hydrogen-bond acceptors (Lipinski definition) is 4. The second-order valence-electron chi connectivity index (χ2n) is 10.0. The Morgan fingerprint density at radius 1 is 1.00 bits per heavy atom. The van der Waals surface area contributed by atoms with Crippen LogP contribution in [0.25, 0.3) is 22.1 Å². The summed E-state index contributed by atoms with van der Waals surface area (Å²) in [7, 11) is 0. The quantitative estimate of drug-likeness (QED) is 0.282. The molecule has 1 aliphatic rings. The molecular weight excluding hydrogens is 498 g/mol. The molecule has 2 amide bonds. The van der Waals surface area contributed by atoms with Crippen LogP contribution in [0, 0.1) is 6.92 Å². The molecule has 1 saturated heterocycles. The number of benzene rings is 3. The van der Waals surface area contributed by atoms with Crippen LogP contribution in [0.3, 0.4) is 0 Å². The molecule has 4 aromatic rings. The van der Waals surface area contributed by atoms with Crippen molar-refractivity contribution in [2.45, 2.75) is 32.6 Å². The second-order valence-corrected chi connectivity index (χ2v) is 10.4. The lowest BCUT2D eigenvalue weighted by atomic mass is 9.89. The van der Waals surface area contributed by atoms with E-state index >= 15 is 0 Å². The smallest absolute Gasteiger partial charge is 0.287 e. The van der Waals surface area contributed by atoms with Gasteiger partial charge in [0.15, 0.2) is 5.76 Å². The van der Waals surface area contributed by atoms with E-state index in [9.17, 15) is 9.59 Å². The number of likely N-dealkylation sites (tertiary alicyclic amines) is 1. The molecule has 38 heavy (non-hydrogen) atoms. The highest BCUT2D eigenvalue weighted by atomic mass is 35.5. The number of nitrogens with zero attached hydrogens (tertiary/aromatic N) is 1. The molecular formula is C31H32ClN3O3. The lowest BCUT2D eigenvalue weighted by Crippen LogP contribution is -2.39. The van der Waals surface area contributed by atoms with Crippen molar-refractivity contribution >= 4 is 40.1 Å². The molecule has 0 saturated carbocycles. The van der Waals surface area contributed by atoms with Gasteiger partial charge in [0, 0.05) is 36.1 Å². The van der Waals surface area contributed by atoms with Crippen molar-refractivity contribution in [3.05, 3.63) is 88.6 Å². The van der Waals surface area contributed by atoms with Crippen LogP contribution in [0.1, 0.15) is 47.4 Å². The molecule has 2 N–H and O–H groups in total. The molecule has 0 unspecified atom stereocenters. The number of fused-ring (bicyclic) bond motifs is 1. The average molecular weight is 530 g/mol. The van der Waals surface area contributed by atoms with Gasteiger partial charge in [0.1, 0.15) is 5.58 Å². The minimum Gasteiger partial charge on any atom is -0.451 e. The zero-order chi connectivity index (χ0) is 26.6. The van der Waals surface area contributed by atoms with Crippen molar-refractivity contribution in [3.8, 4) is 11.1 Å². The number of carbonyl (C=O) groups is 2. The summed E-state index contributed by atoms with van der Waals surface area (Å²) in [6, 6.07) is 21.8. The average Bonchev–Trinajstić information content (AvgIpc) is 3.34. The van der Waals surface area contributed by atoms with Crippen LogP contribution in [-0.4, -0.2) is 42.9 Å². The third kappa shape index (κ3) is 6.09. The normalized spacial score (nSPS) is 14.5. The predicted molar refractivity (Wildman–Crippen MR) is 153 cm³/mol. The minimum atomic E-state index is -0.196. The Kier molecular flexibility index (Phi) is 7.82. The summed E-state index contributed by atoms with van der Waals surface area (Å²) in [4.78, 5) is 26.6. The van der Waals surface area contributed by atoms with Gasteiger partial charge in [0.2, 0.25) is 5.91 Å². The van der Waals surface area contributed by atoms with Crippen LogP contribution in [0.15, 0.2) is 71.1 Å². The van der Waals surface area contributed by atoms with Crippen molar-refractivity contribution in [1.29, 1.82) is 0 Å². The summed E-state index contributed by atoms with van der Waals surface area (Å²) in [5, 5.41) is 7.49. The summed E-state index contributed by atoms with van der Waals surface area (Å²) < 4.78 is 5.94. The standard InChI is InChI=1S/C31H32ClN3O3/c1-20-16-25(22-6-8-27(32)9-7-22)17-26-19-29(38-30(20)26)31(37)33-12-15-35-13-10-23(11-14-35)24-4-3-5-28(18-24)34-21(2)36/h3-9,16-19,23H,10-15H2,1-2H3,(H,33,37)(H,34,36). The Labute approximate surface area is 228 Å². The Morgan fingerprint density at radius 3 is 2.50 bits per heavy atom. The fraction of sp³-hybridized carbons (Fsp3) is 0.290. The van der Waals surface area contributed by atoms with Crippen LogP contribution in [0.4, 0.5) is 5.69 Å². The molecule has 196 valence electrons. The van der Waals surface area contributed by atoms with Crippen molar-refractivity contribution in [2.75, 3.05) is 31.5 Å². The zero-order valence-corrected chi connectivity index (χ0v) is 22.5. The molecule has 1 fully saturated rings. The summed E-state index contributed by atoms with van der Waals surface area (Å²) in [5.41, 5.74) is 5.96. The van der Waals surface area contributed by atoms with Crippen molar-refractivity contribution in [2.24, 2.45) is 0 Å². The lowest BCUT2D eigenvalue weighted by Gasteiger charge is -2.32. The van der Waals surface area contributed by atoms with Crippen molar-refractivity contribution in [3.63, 3.8) is 0 Å². The summed E-state index contributed by atoms with van der Waals surface area (Å²) in [6.07, 6.45) is 2.10. The Bertz CT molecular complexity index is 1450. The van der Waals surface area contributed by atoms with Gasteiger partial charge < -0.3 is 20.0 Å². The number of aryl methyl sites for hydroxylation is 1. The highest BCUT2D eigenvalue weighted by Crippen LogP contribution is 2.31. The zero-order valence-electron chi connectivity index (χ0n) is 21.7. The molecule has 1 aliphatic heterocycles. The van der Waals surface area contributed by atoms with Crippen LogP contribution in [0.2, 0.25) is 5.02 Å². The first-order valence-corrected chi connectivity index (χ1v) is 13.4. The highest BCUT2D eigenvalue weighted by Gasteiger charge is 2.21. The molecule has 7 heteroatoms. The van der Waals surface area contributed by atoms with E-state index in [2.05, 4.69) is 33.7 Å². The molecule has 5 rings (SSSR count). The maximum absolute atomic E-state index is 12.8. The number of furan rings is 1. The highest BCUT2D eigenvalue weighted by molar-refractivity contribution is 6.30. The first kappa shape index (κ1) is 26.0. The van der Waals surface area contributed by atoms with Gasteiger partial charge >= 0.3 is 0 Å². The van der Waals surface area contributed by atoms with Gasteiger partial charge in [-0.1, -0.05) is 35.9 Å². The van der Waals surface area contributed by atoms with Crippen LogP contribution < -0.4 is 10.6 Å². The van der Waals surface area contributed by atoms with E-state index in [1.807, 2.05) is 55.5 Å². The number of anilines is 1. The van der Waals surface area contributed by atoms with Crippen LogP contribution in [0.5, 0.6) is 0 Å². The number of carbonyl (C=O) groups excluding carboxylic acids is 2. The van der Waals surface area contributed by atoms with E-state index in [4.69, 9.17) is 16.0 Å². The number of nitrogens with one attached hydrogen (secondary N) is 2. The Morgan fingerprint density at radius 2 is 1.76 bits per heavy atom. The fourth-order valence-corrected chi connectivity index (χ4v) is 5.35. The molecule has 0 atom stereocenters. The maximum Gasteiger partial charge on any atom is 0.287 e.